The molecule has 1 saturated heterocycles. The molecule has 0 bridgehead atoms. The Hall–Kier alpha value is -2.33. The Balaban J connectivity index is 1.34. The third kappa shape index (κ3) is 4.51. The zero-order valence-electron chi connectivity index (χ0n) is 15.5. The highest BCUT2D eigenvalue weighted by atomic mass is 35.5. The summed E-state index contributed by atoms with van der Waals surface area (Å²) in [7, 11) is 0. The van der Waals surface area contributed by atoms with Crippen molar-refractivity contribution >= 4 is 34.0 Å². The molecular formula is C22H25ClN4. The Morgan fingerprint density at radius 1 is 1.04 bits per heavy atom. The molecule has 2 aromatic heterocycles. The molecule has 0 saturated carbocycles. The van der Waals surface area contributed by atoms with E-state index in [1.807, 2.05) is 30.5 Å². The van der Waals surface area contributed by atoms with Gasteiger partial charge in [0, 0.05) is 47.6 Å². The number of nitrogens with one attached hydrogen (secondary N) is 1. The topological polar surface area (TPSA) is 41.0 Å². The molecule has 3 aromatic rings. The number of anilines is 2. The monoisotopic (exact) mass is 380 g/mol. The molecule has 3 heterocycles. The first kappa shape index (κ1) is 18.1. The van der Waals surface area contributed by atoms with Gasteiger partial charge in [0.2, 0.25) is 0 Å². The summed E-state index contributed by atoms with van der Waals surface area (Å²) in [6, 6.07) is 14.3. The molecule has 1 fully saturated rings. The summed E-state index contributed by atoms with van der Waals surface area (Å²) < 4.78 is 0. The number of pyridine rings is 2. The molecule has 5 heteroatoms. The van der Waals surface area contributed by atoms with Crippen LogP contribution in [0, 0.1) is 0 Å². The summed E-state index contributed by atoms with van der Waals surface area (Å²) in [6.45, 7) is 3.17. The maximum atomic E-state index is 6.06. The zero-order chi connectivity index (χ0) is 18.5. The highest BCUT2D eigenvalue weighted by Crippen LogP contribution is 2.24. The molecule has 0 unspecified atom stereocenters. The standard InChI is InChI=1S/C22H25ClN4/c23-17-9-10-19-20(11-13-25-21(19)16-17)24-12-5-7-18-6-4-8-22(26-18)27-14-2-1-3-15-27/h4,6,8-11,13,16H,1-3,5,7,12,14-15H2,(H,24,25). The van der Waals surface area contributed by atoms with Gasteiger partial charge in [-0.3, -0.25) is 4.98 Å². The van der Waals surface area contributed by atoms with Crippen LogP contribution in [0.2, 0.25) is 5.02 Å². The van der Waals surface area contributed by atoms with Crippen molar-refractivity contribution in [3.05, 3.63) is 59.4 Å². The molecule has 0 spiro atoms. The number of hydrogen-bond acceptors (Lipinski definition) is 4. The van der Waals surface area contributed by atoms with Crippen LogP contribution in [-0.2, 0) is 6.42 Å². The summed E-state index contributed by atoms with van der Waals surface area (Å²) in [6.07, 6.45) is 7.74. The van der Waals surface area contributed by atoms with Crippen LogP contribution in [0.25, 0.3) is 10.9 Å². The van der Waals surface area contributed by atoms with E-state index in [-0.39, 0.29) is 0 Å². The Morgan fingerprint density at radius 3 is 2.81 bits per heavy atom. The second-order valence-corrected chi connectivity index (χ2v) is 7.52. The van der Waals surface area contributed by atoms with Crippen molar-refractivity contribution in [1.82, 2.24) is 9.97 Å². The van der Waals surface area contributed by atoms with Gasteiger partial charge in [-0.15, -0.1) is 0 Å². The fraction of sp³-hybridized carbons (Fsp3) is 0.364. The minimum absolute atomic E-state index is 0.715. The number of aromatic nitrogens is 2. The van der Waals surface area contributed by atoms with Crippen molar-refractivity contribution in [2.75, 3.05) is 29.9 Å². The molecule has 4 rings (SSSR count). The van der Waals surface area contributed by atoms with Crippen LogP contribution < -0.4 is 10.2 Å². The van der Waals surface area contributed by atoms with E-state index in [2.05, 4.69) is 33.4 Å². The Labute approximate surface area is 165 Å². The minimum Gasteiger partial charge on any atom is -0.384 e. The van der Waals surface area contributed by atoms with Crippen molar-refractivity contribution in [3.8, 4) is 0 Å². The van der Waals surface area contributed by atoms with Crippen molar-refractivity contribution < 1.29 is 0 Å². The quantitative estimate of drug-likeness (QED) is 0.588. The SMILES string of the molecule is Clc1ccc2c(NCCCc3cccc(N4CCCCC4)n3)ccnc2c1. The van der Waals surface area contributed by atoms with E-state index in [0.717, 1.165) is 54.9 Å². The first-order valence-electron chi connectivity index (χ1n) is 9.79. The van der Waals surface area contributed by atoms with Gasteiger partial charge < -0.3 is 10.2 Å². The van der Waals surface area contributed by atoms with Crippen molar-refractivity contribution in [2.24, 2.45) is 0 Å². The highest BCUT2D eigenvalue weighted by molar-refractivity contribution is 6.31. The molecule has 1 aliphatic rings. The predicted octanol–water partition coefficient (Wildman–Crippen LogP) is 5.32. The zero-order valence-corrected chi connectivity index (χ0v) is 16.3. The Kier molecular flexibility index (Phi) is 5.73. The lowest BCUT2D eigenvalue weighted by molar-refractivity contribution is 0.572. The normalized spacial score (nSPS) is 14.5. The van der Waals surface area contributed by atoms with Gasteiger partial charge in [0.05, 0.1) is 5.52 Å². The smallest absolute Gasteiger partial charge is 0.128 e. The van der Waals surface area contributed by atoms with Gasteiger partial charge in [-0.2, -0.15) is 0 Å². The van der Waals surface area contributed by atoms with Crippen LogP contribution >= 0.6 is 11.6 Å². The minimum atomic E-state index is 0.715. The average molecular weight is 381 g/mol. The largest absolute Gasteiger partial charge is 0.384 e. The number of halogens is 1. The maximum absolute atomic E-state index is 6.06. The number of nitrogens with zero attached hydrogens (tertiary/aromatic N) is 3. The maximum Gasteiger partial charge on any atom is 0.128 e. The van der Waals surface area contributed by atoms with E-state index in [4.69, 9.17) is 16.6 Å². The van der Waals surface area contributed by atoms with Crippen LogP contribution in [0.15, 0.2) is 48.7 Å². The second kappa shape index (κ2) is 8.57. The molecule has 1 N–H and O–H groups in total. The molecule has 0 radical (unpaired) electrons. The summed E-state index contributed by atoms with van der Waals surface area (Å²) in [4.78, 5) is 11.7. The Morgan fingerprint density at radius 2 is 1.93 bits per heavy atom. The molecule has 1 aromatic carbocycles. The van der Waals surface area contributed by atoms with E-state index in [9.17, 15) is 0 Å². The fourth-order valence-electron chi connectivity index (χ4n) is 3.67. The summed E-state index contributed by atoms with van der Waals surface area (Å²) in [5.74, 6) is 1.14. The molecular weight excluding hydrogens is 356 g/mol. The van der Waals surface area contributed by atoms with Gasteiger partial charge in [0.15, 0.2) is 0 Å². The number of piperidine rings is 1. The van der Waals surface area contributed by atoms with Crippen LogP contribution in [0.3, 0.4) is 0 Å². The molecule has 140 valence electrons. The van der Waals surface area contributed by atoms with E-state index in [1.54, 1.807) is 0 Å². The first-order valence-corrected chi connectivity index (χ1v) is 10.2. The number of rotatable bonds is 6. The van der Waals surface area contributed by atoms with Gasteiger partial charge in [-0.05, 0) is 68.5 Å². The molecule has 0 aliphatic carbocycles. The van der Waals surface area contributed by atoms with Crippen molar-refractivity contribution in [3.63, 3.8) is 0 Å². The van der Waals surface area contributed by atoms with Gasteiger partial charge in [-0.25, -0.2) is 4.98 Å². The van der Waals surface area contributed by atoms with Crippen LogP contribution in [0.4, 0.5) is 11.5 Å². The summed E-state index contributed by atoms with van der Waals surface area (Å²) in [5.41, 5.74) is 3.20. The molecule has 4 nitrogen and oxygen atoms in total. The van der Waals surface area contributed by atoms with E-state index in [1.165, 1.54) is 25.0 Å². The molecule has 0 amide bonds. The summed E-state index contributed by atoms with van der Waals surface area (Å²) >= 11 is 6.06. The van der Waals surface area contributed by atoms with E-state index >= 15 is 0 Å². The van der Waals surface area contributed by atoms with Crippen LogP contribution in [-0.4, -0.2) is 29.6 Å². The highest BCUT2D eigenvalue weighted by Gasteiger charge is 2.12. The molecule has 27 heavy (non-hydrogen) atoms. The number of fused-ring (bicyclic) bond motifs is 1. The molecule has 0 atom stereocenters. The van der Waals surface area contributed by atoms with Gasteiger partial charge in [-0.1, -0.05) is 17.7 Å². The third-order valence-electron chi connectivity index (χ3n) is 5.10. The van der Waals surface area contributed by atoms with Crippen LogP contribution in [0.5, 0.6) is 0 Å². The van der Waals surface area contributed by atoms with Gasteiger partial charge >= 0.3 is 0 Å². The fourth-order valence-corrected chi connectivity index (χ4v) is 3.84. The van der Waals surface area contributed by atoms with Gasteiger partial charge in [0.25, 0.3) is 0 Å². The van der Waals surface area contributed by atoms with Crippen LogP contribution in [0.1, 0.15) is 31.4 Å². The lowest BCUT2D eigenvalue weighted by Gasteiger charge is -2.28. The second-order valence-electron chi connectivity index (χ2n) is 7.09. The Bertz CT molecular complexity index is 906. The summed E-state index contributed by atoms with van der Waals surface area (Å²) in [5, 5.41) is 5.35. The van der Waals surface area contributed by atoms with Crippen molar-refractivity contribution in [1.29, 1.82) is 0 Å². The number of aryl methyl sites for hydroxylation is 1. The van der Waals surface area contributed by atoms with E-state index in [0.29, 0.717) is 5.02 Å². The van der Waals surface area contributed by atoms with E-state index < -0.39 is 0 Å². The molecule has 1 aliphatic heterocycles. The first-order chi connectivity index (χ1) is 13.3. The average Bonchev–Trinajstić information content (AvgIpc) is 2.72. The third-order valence-corrected chi connectivity index (χ3v) is 5.34. The lowest BCUT2D eigenvalue weighted by atomic mass is 10.1. The number of hydrogen-bond donors (Lipinski definition) is 1. The van der Waals surface area contributed by atoms with Gasteiger partial charge in [0.1, 0.15) is 5.82 Å². The van der Waals surface area contributed by atoms with Crippen molar-refractivity contribution in [2.45, 2.75) is 32.1 Å². The number of benzene rings is 1. The predicted molar refractivity (Wildman–Crippen MR) is 114 cm³/mol. The lowest BCUT2D eigenvalue weighted by Crippen LogP contribution is -2.30.